The van der Waals surface area contributed by atoms with Gasteiger partial charge in [-0.1, -0.05) is 19.1 Å². The second-order valence-corrected chi connectivity index (χ2v) is 5.75. The molecule has 5 heteroatoms. The maximum Gasteiger partial charge on any atom is 0.151 e. The maximum absolute atomic E-state index is 12.6. The average Bonchev–Trinajstić information content (AvgIpc) is 2.18. The zero-order valence-corrected chi connectivity index (χ0v) is 9.30. The summed E-state index contributed by atoms with van der Waals surface area (Å²) in [6.07, 6.45) is 0. The first kappa shape index (κ1) is 12.1. The Morgan fingerprint density at radius 2 is 1.87 bits per heavy atom. The van der Waals surface area contributed by atoms with Crippen molar-refractivity contribution >= 4 is 9.84 Å². The van der Waals surface area contributed by atoms with Gasteiger partial charge in [-0.05, 0) is 17.7 Å². The van der Waals surface area contributed by atoms with Gasteiger partial charge >= 0.3 is 0 Å². The van der Waals surface area contributed by atoms with Crippen LogP contribution in [0.3, 0.4) is 0 Å². The molecule has 1 unspecified atom stereocenters. The molecule has 2 N–H and O–H groups in total. The fraction of sp³-hybridized carbons (Fsp3) is 0.400. The van der Waals surface area contributed by atoms with Crippen molar-refractivity contribution in [2.24, 2.45) is 5.73 Å². The lowest BCUT2D eigenvalue weighted by molar-refractivity contribution is 0.590. The molecule has 84 valence electrons. The molecule has 0 aliphatic heterocycles. The van der Waals surface area contributed by atoms with Gasteiger partial charge in [-0.15, -0.1) is 0 Å². The van der Waals surface area contributed by atoms with E-state index < -0.39 is 15.9 Å². The van der Waals surface area contributed by atoms with Gasteiger partial charge in [-0.3, -0.25) is 0 Å². The van der Waals surface area contributed by atoms with Gasteiger partial charge in [-0.2, -0.15) is 0 Å². The Morgan fingerprint density at radius 1 is 1.33 bits per heavy atom. The first-order valence-corrected chi connectivity index (χ1v) is 6.48. The first-order chi connectivity index (χ1) is 6.94. The predicted molar refractivity (Wildman–Crippen MR) is 57.7 cm³/mol. The van der Waals surface area contributed by atoms with Crippen LogP contribution in [-0.2, 0) is 9.84 Å². The summed E-state index contributed by atoms with van der Waals surface area (Å²) in [5, 5.41) is 0. The van der Waals surface area contributed by atoms with Gasteiger partial charge < -0.3 is 5.73 Å². The van der Waals surface area contributed by atoms with Gasteiger partial charge in [0.25, 0.3) is 0 Å². The number of sulfone groups is 1. The van der Waals surface area contributed by atoms with Crippen LogP contribution in [0.5, 0.6) is 0 Å². The summed E-state index contributed by atoms with van der Waals surface area (Å²) in [5.74, 6) is -0.388. The van der Waals surface area contributed by atoms with E-state index in [-0.39, 0.29) is 17.3 Å². The number of nitrogens with two attached hydrogens (primary N) is 1. The third kappa shape index (κ3) is 3.60. The maximum atomic E-state index is 12.6. The van der Waals surface area contributed by atoms with Crippen LogP contribution in [0.2, 0.25) is 0 Å². The Labute approximate surface area is 89.0 Å². The summed E-state index contributed by atoms with van der Waals surface area (Å²) in [7, 11) is -3.10. The third-order valence-corrected chi connectivity index (χ3v) is 3.92. The minimum Gasteiger partial charge on any atom is -0.323 e. The second-order valence-electron chi connectivity index (χ2n) is 3.36. The standard InChI is InChI=1S/C10H14FNO2S/c1-2-15(13,14)7-10(12)8-3-5-9(11)6-4-8/h3-6,10H,2,7,12H2,1H3. The average molecular weight is 231 g/mol. The van der Waals surface area contributed by atoms with E-state index >= 15 is 0 Å². The highest BCUT2D eigenvalue weighted by Crippen LogP contribution is 2.13. The normalized spacial score (nSPS) is 13.8. The van der Waals surface area contributed by atoms with Crippen LogP contribution >= 0.6 is 0 Å². The Balaban J connectivity index is 2.78. The lowest BCUT2D eigenvalue weighted by Crippen LogP contribution is -2.22. The van der Waals surface area contributed by atoms with Crippen LogP contribution in [0.4, 0.5) is 4.39 Å². The number of hydrogen-bond donors (Lipinski definition) is 1. The van der Waals surface area contributed by atoms with E-state index in [9.17, 15) is 12.8 Å². The van der Waals surface area contributed by atoms with Gasteiger partial charge in [0.1, 0.15) is 5.82 Å². The van der Waals surface area contributed by atoms with Gasteiger partial charge in [0.05, 0.1) is 5.75 Å². The van der Waals surface area contributed by atoms with E-state index in [2.05, 4.69) is 0 Å². The topological polar surface area (TPSA) is 60.2 Å². The fourth-order valence-electron chi connectivity index (χ4n) is 1.20. The SMILES string of the molecule is CCS(=O)(=O)CC(N)c1ccc(F)cc1. The summed E-state index contributed by atoms with van der Waals surface area (Å²) in [5.41, 5.74) is 6.34. The van der Waals surface area contributed by atoms with Crippen molar-refractivity contribution in [3.8, 4) is 0 Å². The second kappa shape index (κ2) is 4.72. The molecule has 0 radical (unpaired) electrons. The Bertz CT molecular complexity index is 414. The molecule has 0 aliphatic carbocycles. The van der Waals surface area contributed by atoms with Crippen LogP contribution in [-0.4, -0.2) is 19.9 Å². The smallest absolute Gasteiger partial charge is 0.151 e. The monoisotopic (exact) mass is 231 g/mol. The molecule has 0 saturated heterocycles. The van der Waals surface area contributed by atoms with Crippen molar-refractivity contribution in [2.45, 2.75) is 13.0 Å². The summed E-state index contributed by atoms with van der Waals surface area (Å²) in [6.45, 7) is 1.58. The molecule has 0 bridgehead atoms. The molecule has 0 heterocycles. The van der Waals surface area contributed by atoms with Crippen molar-refractivity contribution in [3.05, 3.63) is 35.6 Å². The highest BCUT2D eigenvalue weighted by molar-refractivity contribution is 7.91. The Morgan fingerprint density at radius 3 is 2.33 bits per heavy atom. The molecule has 15 heavy (non-hydrogen) atoms. The van der Waals surface area contributed by atoms with E-state index in [0.29, 0.717) is 5.56 Å². The molecule has 0 amide bonds. The zero-order valence-electron chi connectivity index (χ0n) is 8.48. The molecular weight excluding hydrogens is 217 g/mol. The van der Waals surface area contributed by atoms with Gasteiger partial charge in [0.2, 0.25) is 0 Å². The first-order valence-electron chi connectivity index (χ1n) is 4.66. The highest BCUT2D eigenvalue weighted by atomic mass is 32.2. The van der Waals surface area contributed by atoms with Gasteiger partial charge in [-0.25, -0.2) is 12.8 Å². The molecule has 0 aromatic heterocycles. The van der Waals surface area contributed by atoms with Crippen LogP contribution in [0.15, 0.2) is 24.3 Å². The number of halogens is 1. The number of benzene rings is 1. The summed E-state index contributed by atoms with van der Waals surface area (Å²) in [6, 6.07) is 4.97. The van der Waals surface area contributed by atoms with Gasteiger partial charge in [0.15, 0.2) is 9.84 Å². The molecule has 0 spiro atoms. The van der Waals surface area contributed by atoms with Crippen molar-refractivity contribution in [3.63, 3.8) is 0 Å². The van der Waals surface area contributed by atoms with Crippen LogP contribution < -0.4 is 5.73 Å². The van der Waals surface area contributed by atoms with Crippen LogP contribution in [0.25, 0.3) is 0 Å². The quantitative estimate of drug-likeness (QED) is 0.848. The van der Waals surface area contributed by atoms with E-state index in [1.807, 2.05) is 0 Å². The van der Waals surface area contributed by atoms with E-state index in [1.54, 1.807) is 6.92 Å². The predicted octanol–water partition coefficient (Wildman–Crippen LogP) is 1.26. The van der Waals surface area contributed by atoms with Crippen molar-refractivity contribution in [1.29, 1.82) is 0 Å². The molecule has 0 fully saturated rings. The zero-order chi connectivity index (χ0) is 11.5. The van der Waals surface area contributed by atoms with Crippen molar-refractivity contribution in [2.75, 3.05) is 11.5 Å². The molecule has 1 aromatic rings. The Kier molecular flexibility index (Phi) is 3.82. The molecule has 3 nitrogen and oxygen atoms in total. The fourth-order valence-corrected chi connectivity index (χ4v) is 2.17. The molecule has 0 aliphatic rings. The molecule has 0 saturated carbocycles. The minimum absolute atomic E-state index is 0.0713. The summed E-state index contributed by atoms with van der Waals surface area (Å²) < 4.78 is 35.2. The Hall–Kier alpha value is -0.940. The van der Waals surface area contributed by atoms with E-state index in [4.69, 9.17) is 5.73 Å². The molecular formula is C10H14FNO2S. The van der Waals surface area contributed by atoms with E-state index in [1.165, 1.54) is 24.3 Å². The summed E-state index contributed by atoms with van der Waals surface area (Å²) in [4.78, 5) is 0. The van der Waals surface area contributed by atoms with Crippen LogP contribution in [0, 0.1) is 5.82 Å². The van der Waals surface area contributed by atoms with Crippen molar-refractivity contribution < 1.29 is 12.8 Å². The lowest BCUT2D eigenvalue weighted by atomic mass is 10.1. The lowest BCUT2D eigenvalue weighted by Gasteiger charge is -2.11. The van der Waals surface area contributed by atoms with Crippen molar-refractivity contribution in [1.82, 2.24) is 0 Å². The molecule has 1 rings (SSSR count). The third-order valence-electron chi connectivity index (χ3n) is 2.17. The number of hydrogen-bond acceptors (Lipinski definition) is 3. The largest absolute Gasteiger partial charge is 0.323 e. The van der Waals surface area contributed by atoms with Gasteiger partial charge in [0, 0.05) is 11.8 Å². The minimum atomic E-state index is -3.10. The highest BCUT2D eigenvalue weighted by Gasteiger charge is 2.15. The van der Waals surface area contributed by atoms with Crippen LogP contribution in [0.1, 0.15) is 18.5 Å². The molecule has 1 aromatic carbocycles. The molecule has 1 atom stereocenters. The van der Waals surface area contributed by atoms with E-state index in [0.717, 1.165) is 0 Å². The summed E-state index contributed by atoms with van der Waals surface area (Å²) >= 11 is 0. The number of rotatable bonds is 4.